The number of rotatable bonds is 4. The van der Waals surface area contributed by atoms with E-state index in [1.165, 1.54) is 48.0 Å². The van der Waals surface area contributed by atoms with Gasteiger partial charge in [-0.1, -0.05) is 18.2 Å². The van der Waals surface area contributed by atoms with Crippen molar-refractivity contribution in [3.63, 3.8) is 0 Å². The highest BCUT2D eigenvalue weighted by atomic mass is 32.1. The maximum Gasteiger partial charge on any atom is 0.317 e. The molecule has 0 spiro atoms. The van der Waals surface area contributed by atoms with Gasteiger partial charge in [-0.2, -0.15) is 0 Å². The number of urea groups is 1. The predicted octanol–water partition coefficient (Wildman–Crippen LogP) is 4.10. The highest BCUT2D eigenvalue weighted by molar-refractivity contribution is 7.17. The summed E-state index contributed by atoms with van der Waals surface area (Å²) in [7, 11) is 0. The monoisotopic (exact) mass is 371 g/mol. The van der Waals surface area contributed by atoms with Gasteiger partial charge in [-0.05, 0) is 74.0 Å². The Hall–Kier alpha value is -1.59. The van der Waals surface area contributed by atoms with Crippen LogP contribution >= 0.6 is 11.3 Å². The van der Waals surface area contributed by atoms with Crippen molar-refractivity contribution in [2.24, 2.45) is 0 Å². The zero-order valence-corrected chi connectivity index (χ0v) is 16.3. The fourth-order valence-electron chi connectivity index (χ4n) is 4.40. The van der Waals surface area contributed by atoms with Crippen molar-refractivity contribution >= 4 is 27.5 Å². The van der Waals surface area contributed by atoms with E-state index in [1.54, 1.807) is 11.3 Å². The van der Waals surface area contributed by atoms with E-state index in [2.05, 4.69) is 39.9 Å². The normalized spacial score (nSPS) is 21.8. The Morgan fingerprint density at radius 2 is 1.92 bits per heavy atom. The van der Waals surface area contributed by atoms with Crippen molar-refractivity contribution in [1.29, 1.82) is 0 Å². The molecular formula is C21H29N3OS. The van der Waals surface area contributed by atoms with Crippen LogP contribution in [0.2, 0.25) is 0 Å². The third-order valence-corrected chi connectivity index (χ3v) is 6.89. The molecule has 1 unspecified atom stereocenters. The van der Waals surface area contributed by atoms with Gasteiger partial charge in [0.1, 0.15) is 0 Å². The summed E-state index contributed by atoms with van der Waals surface area (Å²) in [5.74, 6) is 0. The van der Waals surface area contributed by atoms with E-state index in [-0.39, 0.29) is 6.03 Å². The number of carbonyl (C=O) groups excluding carboxylic acids is 1. The van der Waals surface area contributed by atoms with Gasteiger partial charge >= 0.3 is 6.03 Å². The van der Waals surface area contributed by atoms with Crippen molar-refractivity contribution in [2.75, 3.05) is 32.7 Å². The van der Waals surface area contributed by atoms with Crippen molar-refractivity contribution in [3.8, 4) is 0 Å². The third-order valence-electron chi connectivity index (χ3n) is 5.87. The summed E-state index contributed by atoms with van der Waals surface area (Å²) < 4.78 is 1.33. The van der Waals surface area contributed by atoms with Crippen molar-refractivity contribution in [3.05, 3.63) is 35.2 Å². The first-order chi connectivity index (χ1) is 12.8. The lowest BCUT2D eigenvalue weighted by molar-refractivity contribution is 0.194. The van der Waals surface area contributed by atoms with Gasteiger partial charge in [-0.25, -0.2) is 4.79 Å². The van der Waals surface area contributed by atoms with E-state index in [9.17, 15) is 4.79 Å². The first-order valence-corrected chi connectivity index (χ1v) is 10.9. The molecule has 2 aromatic rings. The topological polar surface area (TPSA) is 35.6 Å². The first kappa shape index (κ1) is 17.8. The van der Waals surface area contributed by atoms with Crippen LogP contribution in [0.1, 0.15) is 37.7 Å². The van der Waals surface area contributed by atoms with E-state index in [1.807, 2.05) is 4.90 Å². The lowest BCUT2D eigenvalue weighted by Crippen LogP contribution is -2.42. The van der Waals surface area contributed by atoms with Crippen molar-refractivity contribution in [2.45, 2.75) is 44.6 Å². The maximum atomic E-state index is 12.6. The molecule has 1 aromatic heterocycles. The molecule has 1 N–H and O–H groups in total. The highest BCUT2D eigenvalue weighted by Crippen LogP contribution is 2.26. The molecular weight excluding hydrogens is 342 g/mol. The molecule has 1 atom stereocenters. The second-order valence-corrected chi connectivity index (χ2v) is 8.47. The SMILES string of the molecule is O=C(NCCc1csc2ccccc12)N1CCCC(N2CCCC2)CC1. The van der Waals surface area contributed by atoms with Crippen LogP contribution in [0, 0.1) is 0 Å². The highest BCUT2D eigenvalue weighted by Gasteiger charge is 2.26. The van der Waals surface area contributed by atoms with Crippen molar-refractivity contribution < 1.29 is 4.79 Å². The van der Waals surface area contributed by atoms with Crippen LogP contribution in [0.15, 0.2) is 29.6 Å². The number of nitrogens with one attached hydrogen (secondary N) is 1. The number of nitrogens with zero attached hydrogens (tertiary/aromatic N) is 2. The molecule has 1 aromatic carbocycles. The molecule has 0 saturated carbocycles. The molecule has 0 aliphatic carbocycles. The maximum absolute atomic E-state index is 12.6. The van der Waals surface area contributed by atoms with Gasteiger partial charge in [0, 0.05) is 30.4 Å². The summed E-state index contributed by atoms with van der Waals surface area (Å²) >= 11 is 1.79. The van der Waals surface area contributed by atoms with Crippen LogP contribution in [0.5, 0.6) is 0 Å². The van der Waals surface area contributed by atoms with Gasteiger partial charge in [-0.3, -0.25) is 0 Å². The minimum atomic E-state index is 0.117. The Labute approximate surface area is 160 Å². The van der Waals surface area contributed by atoms with Crippen LogP contribution < -0.4 is 5.32 Å². The average Bonchev–Trinajstić information content (AvgIpc) is 3.27. The van der Waals surface area contributed by atoms with Crippen LogP contribution in [-0.2, 0) is 6.42 Å². The Morgan fingerprint density at radius 1 is 1.08 bits per heavy atom. The van der Waals surface area contributed by atoms with E-state index < -0.39 is 0 Å². The average molecular weight is 372 g/mol. The largest absolute Gasteiger partial charge is 0.338 e. The second-order valence-electron chi connectivity index (χ2n) is 7.55. The molecule has 2 amide bonds. The molecule has 4 nitrogen and oxygen atoms in total. The molecule has 26 heavy (non-hydrogen) atoms. The Balaban J connectivity index is 1.25. The fraction of sp³-hybridized carbons (Fsp3) is 0.571. The summed E-state index contributed by atoms with van der Waals surface area (Å²) in [5.41, 5.74) is 1.34. The predicted molar refractivity (Wildman–Crippen MR) is 109 cm³/mol. The molecule has 2 aliphatic rings. The summed E-state index contributed by atoms with van der Waals surface area (Å²) in [6.07, 6.45) is 7.09. The van der Waals surface area contributed by atoms with Gasteiger partial charge in [0.15, 0.2) is 0 Å². The molecule has 2 saturated heterocycles. The number of amides is 2. The van der Waals surface area contributed by atoms with Crippen LogP contribution in [0.3, 0.4) is 0 Å². The molecule has 2 aliphatic heterocycles. The van der Waals surface area contributed by atoms with Crippen LogP contribution in [-0.4, -0.2) is 54.6 Å². The summed E-state index contributed by atoms with van der Waals surface area (Å²) in [4.78, 5) is 17.2. The molecule has 140 valence electrons. The minimum absolute atomic E-state index is 0.117. The molecule has 4 rings (SSSR count). The molecule has 5 heteroatoms. The Morgan fingerprint density at radius 3 is 2.81 bits per heavy atom. The Bertz CT molecular complexity index is 738. The van der Waals surface area contributed by atoms with E-state index >= 15 is 0 Å². The lowest BCUT2D eigenvalue weighted by Gasteiger charge is -2.26. The van der Waals surface area contributed by atoms with Crippen LogP contribution in [0.25, 0.3) is 10.1 Å². The smallest absolute Gasteiger partial charge is 0.317 e. The lowest BCUT2D eigenvalue weighted by atomic mass is 10.1. The number of hydrogen-bond acceptors (Lipinski definition) is 3. The van der Waals surface area contributed by atoms with E-state index in [4.69, 9.17) is 0 Å². The van der Waals surface area contributed by atoms with Gasteiger partial charge in [-0.15, -0.1) is 11.3 Å². The number of thiophene rings is 1. The number of hydrogen-bond donors (Lipinski definition) is 1. The minimum Gasteiger partial charge on any atom is -0.338 e. The molecule has 3 heterocycles. The van der Waals surface area contributed by atoms with Gasteiger partial charge in [0.2, 0.25) is 0 Å². The first-order valence-electron chi connectivity index (χ1n) is 10.0. The number of carbonyl (C=O) groups is 1. The number of likely N-dealkylation sites (tertiary alicyclic amines) is 2. The molecule has 0 radical (unpaired) electrons. The van der Waals surface area contributed by atoms with Gasteiger partial charge in [0.05, 0.1) is 0 Å². The van der Waals surface area contributed by atoms with Gasteiger partial charge < -0.3 is 15.1 Å². The van der Waals surface area contributed by atoms with Gasteiger partial charge in [0.25, 0.3) is 0 Å². The zero-order chi connectivity index (χ0) is 17.8. The summed E-state index contributed by atoms with van der Waals surface area (Å²) in [6.45, 7) is 5.02. The Kier molecular flexibility index (Phi) is 5.75. The standard InChI is InChI=1S/C21H29N3OS/c25-21(22-11-9-17-16-26-20-8-2-1-7-19(17)20)24-14-5-6-18(10-15-24)23-12-3-4-13-23/h1-2,7-8,16,18H,3-6,9-15H2,(H,22,25). The molecule has 0 bridgehead atoms. The van der Waals surface area contributed by atoms with E-state index in [0.29, 0.717) is 12.6 Å². The fourth-order valence-corrected chi connectivity index (χ4v) is 5.39. The second kappa shape index (κ2) is 8.40. The third kappa shape index (κ3) is 4.04. The summed E-state index contributed by atoms with van der Waals surface area (Å²) in [5, 5.41) is 6.70. The van der Waals surface area contributed by atoms with Crippen LogP contribution in [0.4, 0.5) is 4.79 Å². The number of benzene rings is 1. The quantitative estimate of drug-likeness (QED) is 0.878. The van der Waals surface area contributed by atoms with E-state index in [0.717, 1.165) is 32.4 Å². The summed E-state index contributed by atoms with van der Waals surface area (Å²) in [6, 6.07) is 9.32. The molecule has 2 fully saturated rings. The zero-order valence-electron chi connectivity index (χ0n) is 15.5. The number of fused-ring (bicyclic) bond motifs is 1. The van der Waals surface area contributed by atoms with Crippen molar-refractivity contribution in [1.82, 2.24) is 15.1 Å².